The Balaban J connectivity index is 1.59. The molecule has 4 amide bonds. The van der Waals surface area contributed by atoms with Gasteiger partial charge in [0.15, 0.2) is 0 Å². The van der Waals surface area contributed by atoms with E-state index < -0.39 is 11.6 Å². The van der Waals surface area contributed by atoms with Gasteiger partial charge in [0.2, 0.25) is 5.91 Å². The number of rotatable bonds is 5. The highest BCUT2D eigenvalue weighted by molar-refractivity contribution is 6.09. The third-order valence-corrected chi connectivity index (χ3v) is 4.73. The van der Waals surface area contributed by atoms with Crippen LogP contribution in [0.15, 0.2) is 24.3 Å². The van der Waals surface area contributed by atoms with Gasteiger partial charge in [0.25, 0.3) is 5.91 Å². The maximum absolute atomic E-state index is 12.4. The lowest BCUT2D eigenvalue weighted by Crippen LogP contribution is -2.46. The van der Waals surface area contributed by atoms with Crippen LogP contribution in [0.1, 0.15) is 30.9 Å². The van der Waals surface area contributed by atoms with E-state index in [2.05, 4.69) is 10.6 Å². The number of imide groups is 1. The van der Waals surface area contributed by atoms with Gasteiger partial charge in [-0.05, 0) is 43.7 Å². The number of carbonyl (C=O) groups excluding carboxylic acids is 3. The Morgan fingerprint density at radius 3 is 2.70 bits per heavy atom. The van der Waals surface area contributed by atoms with Crippen LogP contribution in [0, 0.1) is 12.8 Å². The zero-order valence-electron chi connectivity index (χ0n) is 13.4. The molecule has 1 saturated heterocycles. The highest BCUT2D eigenvalue weighted by atomic mass is 16.2. The van der Waals surface area contributed by atoms with E-state index in [9.17, 15) is 14.4 Å². The van der Waals surface area contributed by atoms with Gasteiger partial charge in [0.05, 0.1) is 0 Å². The van der Waals surface area contributed by atoms with E-state index >= 15 is 0 Å². The van der Waals surface area contributed by atoms with Gasteiger partial charge >= 0.3 is 6.03 Å². The van der Waals surface area contributed by atoms with Gasteiger partial charge in [0, 0.05) is 6.54 Å². The molecule has 1 saturated carbocycles. The number of aryl methyl sites for hydroxylation is 1. The maximum Gasteiger partial charge on any atom is 0.325 e. The number of amides is 4. The molecule has 1 aromatic rings. The highest BCUT2D eigenvalue weighted by Crippen LogP contribution is 2.42. The summed E-state index contributed by atoms with van der Waals surface area (Å²) in [7, 11) is 0. The second-order valence-electron chi connectivity index (χ2n) is 6.50. The molecule has 0 spiro atoms. The third-order valence-electron chi connectivity index (χ3n) is 4.73. The first-order valence-corrected chi connectivity index (χ1v) is 7.87. The number of hydrogen-bond donors (Lipinski definition) is 2. The Morgan fingerprint density at radius 2 is 2.04 bits per heavy atom. The molecule has 2 aliphatic rings. The minimum atomic E-state index is -0.840. The summed E-state index contributed by atoms with van der Waals surface area (Å²) in [5.41, 5.74) is 1.26. The van der Waals surface area contributed by atoms with Crippen molar-refractivity contribution in [2.75, 3.05) is 6.54 Å². The summed E-state index contributed by atoms with van der Waals surface area (Å²) >= 11 is 0. The molecule has 0 aromatic heterocycles. The van der Waals surface area contributed by atoms with E-state index in [1.807, 2.05) is 31.2 Å². The summed E-state index contributed by atoms with van der Waals surface area (Å²) in [6, 6.07) is 7.28. The van der Waals surface area contributed by atoms with Crippen molar-refractivity contribution in [2.45, 2.75) is 38.8 Å². The van der Waals surface area contributed by atoms with E-state index in [0.29, 0.717) is 6.54 Å². The summed E-state index contributed by atoms with van der Waals surface area (Å²) in [6.07, 6.45) is 1.88. The van der Waals surface area contributed by atoms with Crippen LogP contribution >= 0.6 is 0 Å². The molecule has 1 heterocycles. The van der Waals surface area contributed by atoms with Gasteiger partial charge in [-0.1, -0.05) is 24.3 Å². The summed E-state index contributed by atoms with van der Waals surface area (Å²) in [6.45, 7) is 3.87. The largest absolute Gasteiger partial charge is 0.350 e. The fourth-order valence-electron chi connectivity index (χ4n) is 3.00. The molecule has 3 rings (SSSR count). The van der Waals surface area contributed by atoms with Crippen molar-refractivity contribution in [1.29, 1.82) is 0 Å². The Morgan fingerprint density at radius 1 is 1.35 bits per heavy atom. The average Bonchev–Trinajstić information content (AvgIpc) is 3.33. The molecule has 0 radical (unpaired) electrons. The van der Waals surface area contributed by atoms with Crippen molar-refractivity contribution in [3.8, 4) is 0 Å². The Bertz CT molecular complexity index is 669. The van der Waals surface area contributed by atoms with Crippen LogP contribution < -0.4 is 10.6 Å². The van der Waals surface area contributed by atoms with Crippen molar-refractivity contribution in [3.05, 3.63) is 35.4 Å². The molecule has 1 aliphatic carbocycles. The summed E-state index contributed by atoms with van der Waals surface area (Å²) in [4.78, 5) is 37.6. The van der Waals surface area contributed by atoms with Crippen molar-refractivity contribution < 1.29 is 14.4 Å². The predicted octanol–water partition coefficient (Wildman–Crippen LogP) is 1.33. The van der Waals surface area contributed by atoms with E-state index in [1.165, 1.54) is 0 Å². The molecular weight excluding hydrogens is 294 g/mol. The predicted molar refractivity (Wildman–Crippen MR) is 84.4 cm³/mol. The molecule has 1 unspecified atom stereocenters. The molecule has 122 valence electrons. The Hall–Kier alpha value is -2.37. The minimum absolute atomic E-state index is 0.193. The highest BCUT2D eigenvalue weighted by Gasteiger charge is 2.56. The zero-order valence-corrected chi connectivity index (χ0v) is 13.4. The molecule has 1 atom stereocenters. The number of urea groups is 1. The quantitative estimate of drug-likeness (QED) is 0.805. The summed E-state index contributed by atoms with van der Waals surface area (Å²) < 4.78 is 0. The fourth-order valence-corrected chi connectivity index (χ4v) is 3.00. The van der Waals surface area contributed by atoms with Crippen LogP contribution in [0.25, 0.3) is 0 Å². The number of nitrogens with one attached hydrogen (secondary N) is 2. The molecule has 2 N–H and O–H groups in total. The van der Waals surface area contributed by atoms with E-state index in [4.69, 9.17) is 0 Å². The van der Waals surface area contributed by atoms with Crippen LogP contribution in [0.4, 0.5) is 4.79 Å². The third kappa shape index (κ3) is 2.93. The van der Waals surface area contributed by atoms with Gasteiger partial charge in [-0.15, -0.1) is 0 Å². The topological polar surface area (TPSA) is 78.5 Å². The van der Waals surface area contributed by atoms with E-state index in [1.54, 1.807) is 6.92 Å². The fraction of sp³-hybridized carbons (Fsp3) is 0.471. The zero-order chi connectivity index (χ0) is 16.6. The van der Waals surface area contributed by atoms with Crippen LogP contribution in [0.5, 0.6) is 0 Å². The molecule has 1 aliphatic heterocycles. The van der Waals surface area contributed by atoms with Gasteiger partial charge in [-0.3, -0.25) is 14.5 Å². The van der Waals surface area contributed by atoms with E-state index in [0.717, 1.165) is 28.9 Å². The molecule has 2 fully saturated rings. The van der Waals surface area contributed by atoms with Crippen molar-refractivity contribution >= 4 is 17.8 Å². The number of hydrogen-bond acceptors (Lipinski definition) is 3. The summed E-state index contributed by atoms with van der Waals surface area (Å²) in [5, 5.41) is 5.50. The number of nitrogens with zero attached hydrogens (tertiary/aromatic N) is 1. The van der Waals surface area contributed by atoms with Gasteiger partial charge in [0.1, 0.15) is 12.1 Å². The van der Waals surface area contributed by atoms with Crippen molar-refractivity contribution in [3.63, 3.8) is 0 Å². The number of benzene rings is 1. The average molecular weight is 315 g/mol. The van der Waals surface area contributed by atoms with Gasteiger partial charge in [-0.2, -0.15) is 0 Å². The van der Waals surface area contributed by atoms with E-state index in [-0.39, 0.29) is 24.3 Å². The minimum Gasteiger partial charge on any atom is -0.350 e. The first-order valence-electron chi connectivity index (χ1n) is 7.87. The van der Waals surface area contributed by atoms with Crippen molar-refractivity contribution in [1.82, 2.24) is 15.5 Å². The molecular formula is C17H21N3O3. The SMILES string of the molecule is Cc1ccccc1CNC(=O)CN1C(=O)NC(C)(C2CC2)C1=O. The first-order chi connectivity index (χ1) is 10.9. The Kier molecular flexibility index (Phi) is 3.83. The number of carbonyl (C=O) groups is 3. The lowest BCUT2D eigenvalue weighted by Gasteiger charge is -2.20. The lowest BCUT2D eigenvalue weighted by molar-refractivity contribution is -0.135. The van der Waals surface area contributed by atoms with Gasteiger partial charge < -0.3 is 10.6 Å². The molecule has 6 nitrogen and oxygen atoms in total. The van der Waals surface area contributed by atoms with Crippen LogP contribution in [-0.4, -0.2) is 34.8 Å². The maximum atomic E-state index is 12.4. The first kappa shape index (κ1) is 15.5. The lowest BCUT2D eigenvalue weighted by atomic mass is 9.96. The normalized spacial score (nSPS) is 23.8. The Labute approximate surface area is 135 Å². The van der Waals surface area contributed by atoms with Crippen LogP contribution in [-0.2, 0) is 16.1 Å². The van der Waals surface area contributed by atoms with Crippen LogP contribution in [0.3, 0.4) is 0 Å². The van der Waals surface area contributed by atoms with Crippen LogP contribution in [0.2, 0.25) is 0 Å². The smallest absolute Gasteiger partial charge is 0.325 e. The molecule has 23 heavy (non-hydrogen) atoms. The molecule has 1 aromatic carbocycles. The monoisotopic (exact) mass is 315 g/mol. The molecule has 0 bridgehead atoms. The van der Waals surface area contributed by atoms with Gasteiger partial charge in [-0.25, -0.2) is 4.79 Å². The second kappa shape index (κ2) is 5.68. The second-order valence-corrected chi connectivity index (χ2v) is 6.50. The van der Waals surface area contributed by atoms with Crippen molar-refractivity contribution in [2.24, 2.45) is 5.92 Å². The standard InChI is InChI=1S/C17H21N3O3/c1-11-5-3-4-6-12(11)9-18-14(21)10-20-15(22)17(2,13-7-8-13)19-16(20)23/h3-6,13H,7-10H2,1-2H3,(H,18,21)(H,19,23). The summed E-state index contributed by atoms with van der Waals surface area (Å²) in [5.74, 6) is -0.438. The molecule has 6 heteroatoms.